The smallest absolute Gasteiger partial charge is 0.305 e. The average Bonchev–Trinajstić information content (AvgIpc) is 2.51. The predicted octanol–water partition coefficient (Wildman–Crippen LogP) is 1.53. The summed E-state index contributed by atoms with van der Waals surface area (Å²) >= 11 is 5.75. The number of carbonyl (C=O) groups excluding carboxylic acids is 3. The summed E-state index contributed by atoms with van der Waals surface area (Å²) in [5.41, 5.74) is 0.426. The van der Waals surface area contributed by atoms with Crippen LogP contribution < -0.4 is 10.6 Å². The van der Waals surface area contributed by atoms with E-state index in [-0.39, 0.29) is 24.2 Å². The highest BCUT2D eigenvalue weighted by Crippen LogP contribution is 2.09. The van der Waals surface area contributed by atoms with Crippen LogP contribution in [0.2, 0.25) is 5.02 Å². The molecule has 22 heavy (non-hydrogen) atoms. The molecule has 0 aliphatic rings. The van der Waals surface area contributed by atoms with Gasteiger partial charge in [0, 0.05) is 23.6 Å². The summed E-state index contributed by atoms with van der Waals surface area (Å²) in [6.07, 6.45) is 0.721. The van der Waals surface area contributed by atoms with Crippen molar-refractivity contribution in [1.82, 2.24) is 10.6 Å². The third-order valence-electron chi connectivity index (χ3n) is 2.93. The molecule has 0 aromatic heterocycles. The van der Waals surface area contributed by atoms with E-state index in [0.29, 0.717) is 23.6 Å². The molecule has 1 unspecified atom stereocenters. The van der Waals surface area contributed by atoms with Crippen LogP contribution in [0.25, 0.3) is 0 Å². The molecule has 1 atom stereocenters. The Morgan fingerprint density at radius 3 is 2.45 bits per heavy atom. The van der Waals surface area contributed by atoms with E-state index in [9.17, 15) is 14.4 Å². The van der Waals surface area contributed by atoms with Crippen molar-refractivity contribution >= 4 is 29.4 Å². The lowest BCUT2D eigenvalue weighted by Gasteiger charge is -2.14. The van der Waals surface area contributed by atoms with Gasteiger partial charge in [0.15, 0.2) is 0 Å². The highest BCUT2D eigenvalue weighted by atomic mass is 35.5. The van der Waals surface area contributed by atoms with Crippen molar-refractivity contribution in [1.29, 1.82) is 0 Å². The normalized spacial score (nSPS) is 11.4. The maximum Gasteiger partial charge on any atom is 0.305 e. The van der Waals surface area contributed by atoms with Crippen LogP contribution in [-0.4, -0.2) is 37.5 Å². The first-order valence-corrected chi connectivity index (χ1v) is 7.22. The molecule has 0 fully saturated rings. The highest BCUT2D eigenvalue weighted by Gasteiger charge is 2.16. The maximum absolute atomic E-state index is 11.9. The topological polar surface area (TPSA) is 84.5 Å². The Morgan fingerprint density at radius 2 is 1.86 bits per heavy atom. The van der Waals surface area contributed by atoms with Crippen LogP contribution in [0.4, 0.5) is 0 Å². The minimum atomic E-state index is -0.679. The van der Waals surface area contributed by atoms with Gasteiger partial charge in [-0.25, -0.2) is 0 Å². The summed E-state index contributed by atoms with van der Waals surface area (Å²) in [4.78, 5) is 34.7. The van der Waals surface area contributed by atoms with Gasteiger partial charge in [-0.15, -0.1) is 0 Å². The van der Waals surface area contributed by atoms with Gasteiger partial charge in [-0.05, 0) is 37.6 Å². The number of amides is 2. The predicted molar refractivity (Wildman–Crippen MR) is 82.6 cm³/mol. The van der Waals surface area contributed by atoms with Gasteiger partial charge in [0.1, 0.15) is 6.04 Å². The molecule has 0 radical (unpaired) electrons. The van der Waals surface area contributed by atoms with E-state index in [1.807, 2.05) is 0 Å². The third-order valence-corrected chi connectivity index (χ3v) is 3.18. The van der Waals surface area contributed by atoms with Gasteiger partial charge in [-0.1, -0.05) is 11.6 Å². The van der Waals surface area contributed by atoms with E-state index in [2.05, 4.69) is 15.4 Å². The van der Waals surface area contributed by atoms with Crippen molar-refractivity contribution in [3.63, 3.8) is 0 Å². The summed E-state index contributed by atoms with van der Waals surface area (Å²) in [5.74, 6) is -0.987. The standard InChI is InChI=1S/C15H19ClN2O4/c1-10(14(20)17-9-3-4-13(19)22-2)18-15(21)11-5-7-12(16)8-6-11/h5-8,10H,3-4,9H2,1-2H3,(H,17,20)(H,18,21). The molecule has 0 saturated carbocycles. The number of halogens is 1. The summed E-state index contributed by atoms with van der Waals surface area (Å²) in [7, 11) is 1.31. The average molecular weight is 327 g/mol. The van der Waals surface area contributed by atoms with Crippen LogP contribution in [-0.2, 0) is 14.3 Å². The minimum absolute atomic E-state index is 0.238. The molecule has 2 amide bonds. The first kappa shape index (κ1) is 18.0. The molecule has 0 saturated heterocycles. The summed E-state index contributed by atoms with van der Waals surface area (Å²) in [6.45, 7) is 1.93. The molecule has 0 aliphatic carbocycles. The maximum atomic E-state index is 11.9. The van der Waals surface area contributed by atoms with E-state index in [0.717, 1.165) is 0 Å². The number of hydrogen-bond donors (Lipinski definition) is 2. The second kappa shape index (κ2) is 9.04. The largest absolute Gasteiger partial charge is 0.469 e. The molecular weight excluding hydrogens is 308 g/mol. The van der Waals surface area contributed by atoms with Gasteiger partial charge in [0.05, 0.1) is 7.11 Å². The lowest BCUT2D eigenvalue weighted by Crippen LogP contribution is -2.45. The highest BCUT2D eigenvalue weighted by molar-refractivity contribution is 6.30. The van der Waals surface area contributed by atoms with Crippen molar-refractivity contribution < 1.29 is 19.1 Å². The van der Waals surface area contributed by atoms with E-state index in [4.69, 9.17) is 11.6 Å². The second-order valence-corrected chi connectivity index (χ2v) is 5.11. The number of carbonyl (C=O) groups is 3. The lowest BCUT2D eigenvalue weighted by molar-refractivity contribution is -0.140. The quantitative estimate of drug-likeness (QED) is 0.588. The zero-order valence-corrected chi connectivity index (χ0v) is 13.3. The molecule has 2 N–H and O–H groups in total. The van der Waals surface area contributed by atoms with Gasteiger partial charge in [0.25, 0.3) is 5.91 Å². The lowest BCUT2D eigenvalue weighted by atomic mass is 10.2. The molecule has 120 valence electrons. The molecule has 0 bridgehead atoms. The number of nitrogens with one attached hydrogen (secondary N) is 2. The number of benzene rings is 1. The number of ether oxygens (including phenoxy) is 1. The number of esters is 1. The summed E-state index contributed by atoms with van der Waals surface area (Å²) in [6, 6.07) is 5.69. The van der Waals surface area contributed by atoms with Crippen molar-refractivity contribution in [2.24, 2.45) is 0 Å². The van der Waals surface area contributed by atoms with E-state index < -0.39 is 6.04 Å². The Bertz CT molecular complexity index is 531. The fraction of sp³-hybridized carbons (Fsp3) is 0.400. The van der Waals surface area contributed by atoms with E-state index in [1.165, 1.54) is 7.11 Å². The van der Waals surface area contributed by atoms with E-state index in [1.54, 1.807) is 31.2 Å². The van der Waals surface area contributed by atoms with Gasteiger partial charge in [0.2, 0.25) is 5.91 Å². The fourth-order valence-corrected chi connectivity index (χ4v) is 1.77. The molecule has 0 heterocycles. The van der Waals surface area contributed by atoms with Crippen LogP contribution in [0.15, 0.2) is 24.3 Å². The van der Waals surface area contributed by atoms with Crippen LogP contribution in [0.3, 0.4) is 0 Å². The fourth-order valence-electron chi connectivity index (χ4n) is 1.65. The first-order chi connectivity index (χ1) is 10.4. The monoisotopic (exact) mass is 326 g/mol. The molecule has 0 spiro atoms. The van der Waals surface area contributed by atoms with Gasteiger partial charge in [-0.2, -0.15) is 0 Å². The second-order valence-electron chi connectivity index (χ2n) is 4.67. The van der Waals surface area contributed by atoms with Gasteiger partial charge < -0.3 is 15.4 Å². The SMILES string of the molecule is COC(=O)CCCNC(=O)C(C)NC(=O)c1ccc(Cl)cc1. The zero-order valence-electron chi connectivity index (χ0n) is 12.5. The van der Waals surface area contributed by atoms with Crippen LogP contribution in [0.1, 0.15) is 30.1 Å². The Labute approximate surface area is 134 Å². The Hall–Kier alpha value is -2.08. The third kappa shape index (κ3) is 6.13. The zero-order chi connectivity index (χ0) is 16.5. The molecule has 6 nitrogen and oxygen atoms in total. The van der Waals surface area contributed by atoms with Crippen LogP contribution in [0, 0.1) is 0 Å². The van der Waals surface area contributed by atoms with Crippen LogP contribution >= 0.6 is 11.6 Å². The summed E-state index contributed by atoms with van der Waals surface area (Å²) < 4.78 is 4.50. The van der Waals surface area contributed by atoms with Crippen molar-refractivity contribution in [3.05, 3.63) is 34.9 Å². The van der Waals surface area contributed by atoms with E-state index >= 15 is 0 Å². The molecular formula is C15H19ClN2O4. The number of methoxy groups -OCH3 is 1. The molecule has 1 aromatic rings. The number of rotatable bonds is 7. The van der Waals surface area contributed by atoms with Gasteiger partial charge >= 0.3 is 5.97 Å². The van der Waals surface area contributed by atoms with Crippen molar-refractivity contribution in [2.45, 2.75) is 25.8 Å². The van der Waals surface area contributed by atoms with Crippen LogP contribution in [0.5, 0.6) is 0 Å². The number of hydrogen-bond acceptors (Lipinski definition) is 4. The molecule has 1 rings (SSSR count). The Balaban J connectivity index is 2.35. The molecule has 0 aliphatic heterocycles. The van der Waals surface area contributed by atoms with Crippen molar-refractivity contribution in [2.75, 3.05) is 13.7 Å². The Morgan fingerprint density at radius 1 is 1.23 bits per heavy atom. The first-order valence-electron chi connectivity index (χ1n) is 6.85. The summed E-state index contributed by atoms with van der Waals surface area (Å²) in [5, 5.41) is 5.77. The van der Waals surface area contributed by atoms with Crippen molar-refractivity contribution in [3.8, 4) is 0 Å². The Kier molecular flexibility index (Phi) is 7.39. The minimum Gasteiger partial charge on any atom is -0.469 e. The molecule has 7 heteroatoms. The molecule has 1 aromatic carbocycles. The van der Waals surface area contributed by atoms with Gasteiger partial charge in [-0.3, -0.25) is 14.4 Å².